The first-order chi connectivity index (χ1) is 5.75. The van der Waals surface area contributed by atoms with Crippen LogP contribution in [0, 0.1) is 0 Å². The maximum Gasteiger partial charge on any atom is 0.146 e. The predicted molar refractivity (Wildman–Crippen MR) is 48.4 cm³/mol. The van der Waals surface area contributed by atoms with Gasteiger partial charge < -0.3 is 16.2 Å². The third-order valence-electron chi connectivity index (χ3n) is 1.57. The number of pyridine rings is 1. The van der Waals surface area contributed by atoms with Gasteiger partial charge in [0, 0.05) is 18.4 Å². The average Bonchev–Trinajstić information content (AvgIpc) is 2.08. The number of hydrogen-bond acceptors (Lipinski definition) is 4. The highest BCUT2D eigenvalue weighted by molar-refractivity contribution is 5.62. The SMILES string of the molecule is CCOCc1ccnc(N)c1N. The second-order valence-electron chi connectivity index (χ2n) is 2.41. The molecule has 12 heavy (non-hydrogen) atoms. The van der Waals surface area contributed by atoms with Crippen molar-refractivity contribution in [3.63, 3.8) is 0 Å². The predicted octanol–water partition coefficient (Wildman–Crippen LogP) is 0.783. The van der Waals surface area contributed by atoms with Gasteiger partial charge in [-0.1, -0.05) is 0 Å². The van der Waals surface area contributed by atoms with Gasteiger partial charge in [-0.15, -0.1) is 0 Å². The fraction of sp³-hybridized carbons (Fsp3) is 0.375. The van der Waals surface area contributed by atoms with Crippen LogP contribution in [0.4, 0.5) is 11.5 Å². The number of aromatic nitrogens is 1. The van der Waals surface area contributed by atoms with E-state index in [9.17, 15) is 0 Å². The van der Waals surface area contributed by atoms with Crippen LogP contribution in [0.1, 0.15) is 12.5 Å². The van der Waals surface area contributed by atoms with Gasteiger partial charge >= 0.3 is 0 Å². The van der Waals surface area contributed by atoms with E-state index in [2.05, 4.69) is 4.98 Å². The van der Waals surface area contributed by atoms with Gasteiger partial charge in [-0.3, -0.25) is 0 Å². The van der Waals surface area contributed by atoms with Crippen molar-refractivity contribution in [3.8, 4) is 0 Å². The lowest BCUT2D eigenvalue weighted by atomic mass is 10.2. The van der Waals surface area contributed by atoms with Crippen LogP contribution in [-0.2, 0) is 11.3 Å². The first-order valence-electron chi connectivity index (χ1n) is 3.82. The Bertz CT molecular complexity index is 262. The van der Waals surface area contributed by atoms with Crippen molar-refractivity contribution >= 4 is 11.5 Å². The van der Waals surface area contributed by atoms with Crippen LogP contribution < -0.4 is 11.5 Å². The summed E-state index contributed by atoms with van der Waals surface area (Å²) in [5, 5.41) is 0. The molecule has 0 aliphatic heterocycles. The van der Waals surface area contributed by atoms with Crippen molar-refractivity contribution in [3.05, 3.63) is 17.8 Å². The largest absolute Gasteiger partial charge is 0.395 e. The van der Waals surface area contributed by atoms with Gasteiger partial charge in [0.25, 0.3) is 0 Å². The summed E-state index contributed by atoms with van der Waals surface area (Å²) in [5.41, 5.74) is 12.6. The minimum atomic E-state index is 0.368. The molecule has 1 rings (SSSR count). The van der Waals surface area contributed by atoms with E-state index in [1.54, 1.807) is 12.3 Å². The van der Waals surface area contributed by atoms with Crippen LogP contribution >= 0.6 is 0 Å². The molecular formula is C8H13N3O. The molecule has 0 unspecified atom stereocenters. The number of nitrogens with zero attached hydrogens (tertiary/aromatic N) is 1. The average molecular weight is 167 g/mol. The van der Waals surface area contributed by atoms with E-state index in [-0.39, 0.29) is 0 Å². The summed E-state index contributed by atoms with van der Waals surface area (Å²) >= 11 is 0. The number of anilines is 2. The van der Waals surface area contributed by atoms with Crippen LogP contribution in [0.25, 0.3) is 0 Å². The van der Waals surface area contributed by atoms with Gasteiger partial charge in [0.05, 0.1) is 12.3 Å². The molecule has 0 radical (unpaired) electrons. The Hall–Kier alpha value is -1.29. The molecule has 0 spiro atoms. The van der Waals surface area contributed by atoms with Gasteiger partial charge in [-0.2, -0.15) is 0 Å². The molecule has 0 atom stereocenters. The minimum Gasteiger partial charge on any atom is -0.395 e. The molecule has 0 aromatic carbocycles. The molecule has 0 bridgehead atoms. The fourth-order valence-electron chi connectivity index (χ4n) is 0.869. The molecule has 4 heteroatoms. The molecule has 0 saturated carbocycles. The van der Waals surface area contributed by atoms with E-state index in [1.807, 2.05) is 6.92 Å². The Morgan fingerprint density at radius 1 is 1.50 bits per heavy atom. The molecule has 0 amide bonds. The van der Waals surface area contributed by atoms with Gasteiger partial charge in [0.15, 0.2) is 0 Å². The summed E-state index contributed by atoms with van der Waals surface area (Å²) in [6.07, 6.45) is 1.63. The molecule has 4 N–H and O–H groups in total. The van der Waals surface area contributed by atoms with E-state index < -0.39 is 0 Å². The Kier molecular flexibility index (Phi) is 2.88. The third kappa shape index (κ3) is 1.85. The number of nitrogens with two attached hydrogens (primary N) is 2. The lowest BCUT2D eigenvalue weighted by Gasteiger charge is -2.06. The Labute approximate surface area is 71.5 Å². The molecule has 4 nitrogen and oxygen atoms in total. The second kappa shape index (κ2) is 3.92. The highest BCUT2D eigenvalue weighted by Crippen LogP contribution is 2.17. The Balaban J connectivity index is 2.78. The summed E-state index contributed by atoms with van der Waals surface area (Å²) in [5.74, 6) is 0.368. The van der Waals surface area contributed by atoms with Crippen molar-refractivity contribution < 1.29 is 4.74 Å². The van der Waals surface area contributed by atoms with Crippen LogP contribution in [0.2, 0.25) is 0 Å². The smallest absolute Gasteiger partial charge is 0.146 e. The maximum absolute atomic E-state index is 5.66. The zero-order valence-corrected chi connectivity index (χ0v) is 7.08. The fourth-order valence-corrected chi connectivity index (χ4v) is 0.869. The standard InChI is InChI=1S/C8H13N3O/c1-2-12-5-6-3-4-11-8(10)7(6)9/h3-4H,2,5,9H2,1H3,(H2,10,11). The molecule has 0 aliphatic rings. The summed E-state index contributed by atoms with van der Waals surface area (Å²) in [7, 11) is 0. The minimum absolute atomic E-state index is 0.368. The number of hydrogen-bond donors (Lipinski definition) is 2. The van der Waals surface area contributed by atoms with E-state index in [0.29, 0.717) is 24.7 Å². The number of ether oxygens (including phenoxy) is 1. The van der Waals surface area contributed by atoms with E-state index in [4.69, 9.17) is 16.2 Å². The van der Waals surface area contributed by atoms with Crippen LogP contribution in [-0.4, -0.2) is 11.6 Å². The first-order valence-corrected chi connectivity index (χ1v) is 3.82. The summed E-state index contributed by atoms with van der Waals surface area (Å²) < 4.78 is 5.19. The van der Waals surface area contributed by atoms with Crippen LogP contribution in [0.5, 0.6) is 0 Å². The molecular weight excluding hydrogens is 154 g/mol. The van der Waals surface area contributed by atoms with Crippen molar-refractivity contribution in [2.24, 2.45) is 0 Å². The van der Waals surface area contributed by atoms with E-state index in [0.717, 1.165) is 5.56 Å². The van der Waals surface area contributed by atoms with Crippen molar-refractivity contribution in [1.82, 2.24) is 4.98 Å². The molecule has 1 aromatic heterocycles. The van der Waals surface area contributed by atoms with Gasteiger partial charge in [0.1, 0.15) is 5.82 Å². The van der Waals surface area contributed by atoms with Crippen molar-refractivity contribution in [2.45, 2.75) is 13.5 Å². The molecule has 0 saturated heterocycles. The zero-order valence-electron chi connectivity index (χ0n) is 7.08. The number of nitrogen functional groups attached to an aromatic ring is 2. The molecule has 1 aromatic rings. The zero-order chi connectivity index (χ0) is 8.97. The summed E-state index contributed by atoms with van der Waals surface area (Å²) in [4.78, 5) is 3.84. The van der Waals surface area contributed by atoms with Crippen molar-refractivity contribution in [2.75, 3.05) is 18.1 Å². The number of rotatable bonds is 3. The second-order valence-corrected chi connectivity index (χ2v) is 2.41. The lowest BCUT2D eigenvalue weighted by molar-refractivity contribution is 0.134. The molecule has 0 aliphatic carbocycles. The van der Waals surface area contributed by atoms with Crippen molar-refractivity contribution in [1.29, 1.82) is 0 Å². The Morgan fingerprint density at radius 3 is 2.92 bits per heavy atom. The van der Waals surface area contributed by atoms with E-state index in [1.165, 1.54) is 0 Å². The lowest BCUT2D eigenvalue weighted by Crippen LogP contribution is -2.03. The monoisotopic (exact) mass is 167 g/mol. The molecule has 0 fully saturated rings. The highest BCUT2D eigenvalue weighted by Gasteiger charge is 2.01. The first kappa shape index (κ1) is 8.80. The Morgan fingerprint density at radius 2 is 2.25 bits per heavy atom. The van der Waals surface area contributed by atoms with Crippen LogP contribution in [0.3, 0.4) is 0 Å². The summed E-state index contributed by atoms with van der Waals surface area (Å²) in [6, 6.07) is 1.81. The van der Waals surface area contributed by atoms with Gasteiger partial charge in [0.2, 0.25) is 0 Å². The summed E-state index contributed by atoms with van der Waals surface area (Å²) in [6.45, 7) is 3.09. The van der Waals surface area contributed by atoms with Crippen LogP contribution in [0.15, 0.2) is 12.3 Å². The van der Waals surface area contributed by atoms with Gasteiger partial charge in [-0.05, 0) is 13.0 Å². The maximum atomic E-state index is 5.66. The van der Waals surface area contributed by atoms with E-state index >= 15 is 0 Å². The van der Waals surface area contributed by atoms with Gasteiger partial charge in [-0.25, -0.2) is 4.98 Å². The quantitative estimate of drug-likeness (QED) is 0.697. The topological polar surface area (TPSA) is 74.2 Å². The third-order valence-corrected chi connectivity index (χ3v) is 1.57. The normalized spacial score (nSPS) is 10.1. The molecule has 1 heterocycles. The highest BCUT2D eigenvalue weighted by atomic mass is 16.5. The molecule has 66 valence electrons.